The van der Waals surface area contributed by atoms with E-state index in [9.17, 15) is 4.39 Å². The van der Waals surface area contributed by atoms with E-state index < -0.39 is 5.82 Å². The standard InChI is InChI=1S/C10H14FNO2/c1-12-6-7-4-10(14-3)8(11)5-9(7)13-2/h4-5,12H,6H2,1-3H3. The molecule has 1 aromatic rings. The molecular weight excluding hydrogens is 185 g/mol. The lowest BCUT2D eigenvalue weighted by Crippen LogP contribution is -2.07. The molecule has 0 aromatic heterocycles. The van der Waals surface area contributed by atoms with Crippen molar-refractivity contribution in [3.63, 3.8) is 0 Å². The van der Waals surface area contributed by atoms with Crippen LogP contribution in [-0.4, -0.2) is 21.3 Å². The molecule has 0 unspecified atom stereocenters. The van der Waals surface area contributed by atoms with Gasteiger partial charge in [0.25, 0.3) is 0 Å². The quantitative estimate of drug-likeness (QED) is 0.798. The van der Waals surface area contributed by atoms with Gasteiger partial charge in [0.05, 0.1) is 14.2 Å². The minimum absolute atomic E-state index is 0.232. The van der Waals surface area contributed by atoms with Gasteiger partial charge in [0.15, 0.2) is 11.6 Å². The molecule has 1 N–H and O–H groups in total. The predicted octanol–water partition coefficient (Wildman–Crippen LogP) is 1.56. The van der Waals surface area contributed by atoms with Gasteiger partial charge in [-0.25, -0.2) is 4.39 Å². The first-order valence-corrected chi connectivity index (χ1v) is 4.28. The summed E-state index contributed by atoms with van der Waals surface area (Å²) in [5.41, 5.74) is 0.869. The van der Waals surface area contributed by atoms with Gasteiger partial charge < -0.3 is 14.8 Å². The predicted molar refractivity (Wildman–Crippen MR) is 52.3 cm³/mol. The molecular formula is C10H14FNO2. The summed E-state index contributed by atoms with van der Waals surface area (Å²) in [6, 6.07) is 2.95. The van der Waals surface area contributed by atoms with Gasteiger partial charge >= 0.3 is 0 Å². The van der Waals surface area contributed by atoms with Gasteiger partial charge in [-0.15, -0.1) is 0 Å². The maximum absolute atomic E-state index is 13.2. The largest absolute Gasteiger partial charge is 0.496 e. The summed E-state index contributed by atoms with van der Waals surface area (Å²) in [5.74, 6) is 0.345. The van der Waals surface area contributed by atoms with Crippen LogP contribution < -0.4 is 14.8 Å². The Kier molecular flexibility index (Phi) is 3.71. The van der Waals surface area contributed by atoms with Gasteiger partial charge in [0.2, 0.25) is 0 Å². The first-order valence-electron chi connectivity index (χ1n) is 4.28. The van der Waals surface area contributed by atoms with Crippen LogP contribution >= 0.6 is 0 Å². The van der Waals surface area contributed by atoms with Gasteiger partial charge in [-0.2, -0.15) is 0 Å². The highest BCUT2D eigenvalue weighted by molar-refractivity contribution is 5.41. The summed E-state index contributed by atoms with van der Waals surface area (Å²) in [6.07, 6.45) is 0. The summed E-state index contributed by atoms with van der Waals surface area (Å²) in [4.78, 5) is 0. The fraction of sp³-hybridized carbons (Fsp3) is 0.400. The molecule has 0 fully saturated rings. The zero-order chi connectivity index (χ0) is 10.6. The van der Waals surface area contributed by atoms with Crippen LogP contribution in [0.4, 0.5) is 4.39 Å². The molecule has 0 heterocycles. The molecule has 0 amide bonds. The van der Waals surface area contributed by atoms with Crippen molar-refractivity contribution in [1.29, 1.82) is 0 Å². The summed E-state index contributed by atoms with van der Waals surface area (Å²) < 4.78 is 23.1. The van der Waals surface area contributed by atoms with Crippen molar-refractivity contribution in [1.82, 2.24) is 5.32 Å². The van der Waals surface area contributed by atoms with Crippen LogP contribution in [0.5, 0.6) is 11.5 Å². The van der Waals surface area contributed by atoms with Crippen LogP contribution in [0.15, 0.2) is 12.1 Å². The van der Waals surface area contributed by atoms with Gasteiger partial charge in [-0.1, -0.05) is 0 Å². The van der Waals surface area contributed by atoms with E-state index >= 15 is 0 Å². The van der Waals surface area contributed by atoms with Gasteiger partial charge in [-0.3, -0.25) is 0 Å². The van der Waals surface area contributed by atoms with E-state index in [0.29, 0.717) is 12.3 Å². The normalized spacial score (nSPS) is 10.0. The minimum atomic E-state index is -0.413. The third-order valence-electron chi connectivity index (χ3n) is 1.92. The zero-order valence-corrected chi connectivity index (χ0v) is 8.56. The van der Waals surface area contributed by atoms with Crippen LogP contribution in [0.1, 0.15) is 5.56 Å². The number of nitrogens with one attached hydrogen (secondary N) is 1. The Hall–Kier alpha value is -1.29. The molecule has 0 atom stereocenters. The molecule has 0 saturated heterocycles. The lowest BCUT2D eigenvalue weighted by Gasteiger charge is -2.10. The van der Waals surface area contributed by atoms with Crippen molar-refractivity contribution >= 4 is 0 Å². The zero-order valence-electron chi connectivity index (χ0n) is 8.56. The van der Waals surface area contributed by atoms with E-state index in [4.69, 9.17) is 9.47 Å². The highest BCUT2D eigenvalue weighted by Gasteiger charge is 2.09. The van der Waals surface area contributed by atoms with Crippen LogP contribution in [0.25, 0.3) is 0 Å². The van der Waals surface area contributed by atoms with Crippen molar-refractivity contribution < 1.29 is 13.9 Å². The third kappa shape index (κ3) is 2.14. The molecule has 0 radical (unpaired) electrons. The third-order valence-corrected chi connectivity index (χ3v) is 1.92. The first kappa shape index (κ1) is 10.8. The second-order valence-electron chi connectivity index (χ2n) is 2.83. The number of ether oxygens (including phenoxy) is 2. The topological polar surface area (TPSA) is 30.5 Å². The fourth-order valence-electron chi connectivity index (χ4n) is 1.25. The number of hydrogen-bond acceptors (Lipinski definition) is 3. The maximum atomic E-state index is 13.2. The molecule has 1 rings (SSSR count). The fourth-order valence-corrected chi connectivity index (χ4v) is 1.25. The molecule has 14 heavy (non-hydrogen) atoms. The summed E-state index contributed by atoms with van der Waals surface area (Å²) >= 11 is 0. The number of halogens is 1. The second-order valence-corrected chi connectivity index (χ2v) is 2.83. The number of rotatable bonds is 4. The number of methoxy groups -OCH3 is 2. The Bertz CT molecular complexity index is 315. The second kappa shape index (κ2) is 4.81. The summed E-state index contributed by atoms with van der Waals surface area (Å²) in [5, 5.41) is 2.97. The lowest BCUT2D eigenvalue weighted by atomic mass is 10.2. The van der Waals surface area contributed by atoms with Gasteiger partial charge in [-0.05, 0) is 13.1 Å². The molecule has 0 saturated carbocycles. The van der Waals surface area contributed by atoms with Crippen LogP contribution in [0, 0.1) is 5.82 Å². The average Bonchev–Trinajstić information content (AvgIpc) is 2.20. The van der Waals surface area contributed by atoms with Crippen molar-refractivity contribution in [2.75, 3.05) is 21.3 Å². The molecule has 78 valence electrons. The first-order chi connectivity index (χ1) is 6.72. The number of benzene rings is 1. The highest BCUT2D eigenvalue weighted by Crippen LogP contribution is 2.27. The van der Waals surface area contributed by atoms with E-state index in [1.54, 1.807) is 6.07 Å². The average molecular weight is 199 g/mol. The van der Waals surface area contributed by atoms with Crippen LogP contribution in [-0.2, 0) is 6.54 Å². The minimum Gasteiger partial charge on any atom is -0.496 e. The highest BCUT2D eigenvalue weighted by atomic mass is 19.1. The van der Waals surface area contributed by atoms with E-state index in [0.717, 1.165) is 5.56 Å². The molecule has 0 aliphatic heterocycles. The summed E-state index contributed by atoms with van der Waals surface area (Å²) in [7, 11) is 4.77. The molecule has 4 heteroatoms. The Morgan fingerprint density at radius 1 is 1.21 bits per heavy atom. The molecule has 0 aliphatic carbocycles. The monoisotopic (exact) mass is 199 g/mol. The van der Waals surface area contributed by atoms with Crippen LogP contribution in [0.2, 0.25) is 0 Å². The van der Waals surface area contributed by atoms with E-state index in [-0.39, 0.29) is 5.75 Å². The van der Waals surface area contributed by atoms with Crippen LogP contribution in [0.3, 0.4) is 0 Å². The lowest BCUT2D eigenvalue weighted by molar-refractivity contribution is 0.374. The molecule has 3 nitrogen and oxygen atoms in total. The van der Waals surface area contributed by atoms with Crippen molar-refractivity contribution in [3.05, 3.63) is 23.5 Å². The Balaban J connectivity index is 3.11. The molecule has 0 aliphatic rings. The smallest absolute Gasteiger partial charge is 0.168 e. The van der Waals surface area contributed by atoms with E-state index in [1.165, 1.54) is 20.3 Å². The molecule has 0 bridgehead atoms. The van der Waals surface area contributed by atoms with E-state index in [2.05, 4.69) is 5.32 Å². The van der Waals surface area contributed by atoms with E-state index in [1.807, 2.05) is 7.05 Å². The number of hydrogen-bond donors (Lipinski definition) is 1. The van der Waals surface area contributed by atoms with Gasteiger partial charge in [0.1, 0.15) is 5.75 Å². The Morgan fingerprint density at radius 3 is 2.36 bits per heavy atom. The Morgan fingerprint density at radius 2 is 1.86 bits per heavy atom. The van der Waals surface area contributed by atoms with Crippen molar-refractivity contribution in [3.8, 4) is 11.5 Å². The van der Waals surface area contributed by atoms with Crippen molar-refractivity contribution in [2.24, 2.45) is 0 Å². The van der Waals surface area contributed by atoms with Gasteiger partial charge in [0, 0.05) is 18.2 Å². The molecule has 0 spiro atoms. The summed E-state index contributed by atoms with van der Waals surface area (Å²) in [6.45, 7) is 0.611. The Labute approximate surface area is 82.8 Å². The SMILES string of the molecule is CNCc1cc(OC)c(F)cc1OC. The maximum Gasteiger partial charge on any atom is 0.168 e. The van der Waals surface area contributed by atoms with Crippen molar-refractivity contribution in [2.45, 2.75) is 6.54 Å². The molecule has 1 aromatic carbocycles.